The van der Waals surface area contributed by atoms with Gasteiger partial charge >= 0.3 is 5.97 Å². The molecule has 0 spiro atoms. The van der Waals surface area contributed by atoms with Crippen molar-refractivity contribution in [1.29, 1.82) is 0 Å². The Labute approximate surface area is 87.5 Å². The van der Waals surface area contributed by atoms with Crippen molar-refractivity contribution in [3.8, 4) is 0 Å². The molecule has 1 aromatic rings. The molecule has 0 atom stereocenters. The van der Waals surface area contributed by atoms with Crippen LogP contribution in [0.2, 0.25) is 0 Å². The molecular formula is C11H13FO3. The summed E-state index contributed by atoms with van der Waals surface area (Å²) >= 11 is 0. The molecule has 1 rings (SSSR count). The number of carboxylic acid groups (broad SMARTS) is 1. The van der Waals surface area contributed by atoms with Crippen LogP contribution in [0.15, 0.2) is 18.2 Å². The summed E-state index contributed by atoms with van der Waals surface area (Å²) in [6.45, 7) is 2.73. The van der Waals surface area contributed by atoms with Gasteiger partial charge in [0.2, 0.25) is 0 Å². The van der Waals surface area contributed by atoms with E-state index in [1.165, 1.54) is 12.1 Å². The topological polar surface area (TPSA) is 46.5 Å². The Kier molecular flexibility index (Phi) is 4.24. The van der Waals surface area contributed by atoms with E-state index in [1.807, 2.05) is 6.92 Å². The number of rotatable bonds is 5. The van der Waals surface area contributed by atoms with Gasteiger partial charge in [-0.15, -0.1) is 0 Å². The van der Waals surface area contributed by atoms with Crippen molar-refractivity contribution in [2.45, 2.75) is 20.0 Å². The van der Waals surface area contributed by atoms with E-state index in [1.54, 1.807) is 0 Å². The molecule has 0 amide bonds. The number of aromatic carboxylic acids is 1. The lowest BCUT2D eigenvalue weighted by Gasteiger charge is -2.06. The van der Waals surface area contributed by atoms with Crippen LogP contribution in [0.4, 0.5) is 4.39 Å². The molecule has 0 aliphatic rings. The predicted octanol–water partition coefficient (Wildman–Crippen LogP) is 2.45. The Morgan fingerprint density at radius 2 is 2.27 bits per heavy atom. The first-order chi connectivity index (χ1) is 7.15. The third-order valence-electron chi connectivity index (χ3n) is 1.91. The van der Waals surface area contributed by atoms with E-state index in [2.05, 4.69) is 0 Å². The fourth-order valence-electron chi connectivity index (χ4n) is 1.20. The van der Waals surface area contributed by atoms with Crippen molar-refractivity contribution < 1.29 is 19.0 Å². The summed E-state index contributed by atoms with van der Waals surface area (Å²) < 4.78 is 18.0. The molecule has 82 valence electrons. The van der Waals surface area contributed by atoms with Gasteiger partial charge in [0.1, 0.15) is 5.82 Å². The van der Waals surface area contributed by atoms with Gasteiger partial charge in [-0.2, -0.15) is 0 Å². The van der Waals surface area contributed by atoms with Gasteiger partial charge in [0.05, 0.1) is 12.2 Å². The molecule has 15 heavy (non-hydrogen) atoms. The van der Waals surface area contributed by atoms with Crippen molar-refractivity contribution in [1.82, 2.24) is 0 Å². The first-order valence-electron chi connectivity index (χ1n) is 4.74. The van der Waals surface area contributed by atoms with Gasteiger partial charge in [0, 0.05) is 6.61 Å². The SMILES string of the molecule is CCCOCc1ccc(F)cc1C(=O)O. The number of ether oxygens (including phenoxy) is 1. The van der Waals surface area contributed by atoms with Gasteiger partial charge in [-0.25, -0.2) is 9.18 Å². The molecule has 1 aromatic carbocycles. The summed E-state index contributed by atoms with van der Waals surface area (Å²) in [5.41, 5.74) is 0.462. The van der Waals surface area contributed by atoms with Crippen LogP contribution < -0.4 is 0 Å². The molecule has 0 saturated heterocycles. The molecular weight excluding hydrogens is 199 g/mol. The lowest BCUT2D eigenvalue weighted by Crippen LogP contribution is -2.05. The van der Waals surface area contributed by atoms with Gasteiger partial charge in [-0.1, -0.05) is 13.0 Å². The lowest BCUT2D eigenvalue weighted by molar-refractivity contribution is 0.0686. The monoisotopic (exact) mass is 212 g/mol. The number of carboxylic acids is 1. The zero-order chi connectivity index (χ0) is 11.3. The maximum absolute atomic E-state index is 12.8. The smallest absolute Gasteiger partial charge is 0.336 e. The van der Waals surface area contributed by atoms with Crippen LogP contribution in [-0.2, 0) is 11.3 Å². The molecule has 0 fully saturated rings. The fourth-order valence-corrected chi connectivity index (χ4v) is 1.20. The highest BCUT2D eigenvalue weighted by Crippen LogP contribution is 2.12. The average molecular weight is 212 g/mol. The van der Waals surface area contributed by atoms with Crippen LogP contribution in [0, 0.1) is 5.82 Å². The van der Waals surface area contributed by atoms with E-state index in [9.17, 15) is 9.18 Å². The first kappa shape index (κ1) is 11.7. The summed E-state index contributed by atoms with van der Waals surface area (Å²) in [6, 6.07) is 3.68. The third kappa shape index (κ3) is 3.32. The summed E-state index contributed by atoms with van der Waals surface area (Å²) in [6.07, 6.45) is 0.865. The molecule has 0 aliphatic carbocycles. The molecule has 0 saturated carbocycles. The molecule has 1 N–H and O–H groups in total. The predicted molar refractivity (Wildman–Crippen MR) is 53.3 cm³/mol. The number of hydrogen-bond donors (Lipinski definition) is 1. The van der Waals surface area contributed by atoms with Crippen molar-refractivity contribution >= 4 is 5.97 Å². The summed E-state index contributed by atoms with van der Waals surface area (Å²) in [5.74, 6) is -1.68. The minimum absolute atomic E-state index is 0.0360. The average Bonchev–Trinajstić information content (AvgIpc) is 2.20. The van der Waals surface area contributed by atoms with Gasteiger partial charge < -0.3 is 9.84 Å². The molecule has 0 bridgehead atoms. The Morgan fingerprint density at radius 3 is 2.87 bits per heavy atom. The van der Waals surface area contributed by atoms with E-state index < -0.39 is 11.8 Å². The minimum atomic E-state index is -1.13. The van der Waals surface area contributed by atoms with Crippen LogP contribution in [0.25, 0.3) is 0 Å². The summed E-state index contributed by atoms with van der Waals surface area (Å²) in [4.78, 5) is 10.8. The van der Waals surface area contributed by atoms with Gasteiger partial charge in [-0.3, -0.25) is 0 Å². The quantitative estimate of drug-likeness (QED) is 0.762. The molecule has 3 nitrogen and oxygen atoms in total. The van der Waals surface area contributed by atoms with Gasteiger partial charge in [0.25, 0.3) is 0 Å². The van der Waals surface area contributed by atoms with Crippen molar-refractivity contribution in [3.63, 3.8) is 0 Å². The van der Waals surface area contributed by atoms with E-state index in [0.717, 1.165) is 12.5 Å². The van der Waals surface area contributed by atoms with Crippen molar-refractivity contribution in [3.05, 3.63) is 35.1 Å². The maximum Gasteiger partial charge on any atom is 0.336 e. The highest BCUT2D eigenvalue weighted by molar-refractivity contribution is 5.89. The van der Waals surface area contributed by atoms with Crippen molar-refractivity contribution in [2.75, 3.05) is 6.61 Å². The highest BCUT2D eigenvalue weighted by atomic mass is 19.1. The third-order valence-corrected chi connectivity index (χ3v) is 1.91. The first-order valence-corrected chi connectivity index (χ1v) is 4.74. The zero-order valence-corrected chi connectivity index (χ0v) is 8.50. The van der Waals surface area contributed by atoms with E-state index in [4.69, 9.17) is 9.84 Å². The Bertz CT molecular complexity index is 350. The molecule has 0 unspecified atom stereocenters. The standard InChI is InChI=1S/C11H13FO3/c1-2-5-15-7-8-3-4-9(12)6-10(8)11(13)14/h3-4,6H,2,5,7H2,1H3,(H,13,14). The Hall–Kier alpha value is -1.42. The lowest BCUT2D eigenvalue weighted by atomic mass is 10.1. The molecule has 0 radical (unpaired) electrons. The highest BCUT2D eigenvalue weighted by Gasteiger charge is 2.10. The molecule has 0 aliphatic heterocycles. The number of carbonyl (C=O) groups is 1. The Balaban J connectivity index is 2.81. The van der Waals surface area contributed by atoms with Crippen molar-refractivity contribution in [2.24, 2.45) is 0 Å². The fraction of sp³-hybridized carbons (Fsp3) is 0.364. The summed E-state index contributed by atoms with van der Waals surface area (Å²) in [5, 5.41) is 8.82. The molecule has 0 aromatic heterocycles. The van der Waals surface area contributed by atoms with Crippen LogP contribution >= 0.6 is 0 Å². The molecule has 0 heterocycles. The second kappa shape index (κ2) is 5.46. The van der Waals surface area contributed by atoms with Gasteiger partial charge in [-0.05, 0) is 24.1 Å². The normalized spacial score (nSPS) is 10.3. The van der Waals surface area contributed by atoms with Crippen LogP contribution in [0.3, 0.4) is 0 Å². The largest absolute Gasteiger partial charge is 0.478 e. The van der Waals surface area contributed by atoms with Gasteiger partial charge in [0.15, 0.2) is 0 Å². The van der Waals surface area contributed by atoms with Crippen LogP contribution in [0.5, 0.6) is 0 Å². The molecule has 4 heteroatoms. The second-order valence-corrected chi connectivity index (χ2v) is 3.16. The van der Waals surface area contributed by atoms with E-state index >= 15 is 0 Å². The number of benzene rings is 1. The minimum Gasteiger partial charge on any atom is -0.478 e. The van der Waals surface area contributed by atoms with Crippen LogP contribution in [-0.4, -0.2) is 17.7 Å². The second-order valence-electron chi connectivity index (χ2n) is 3.16. The summed E-state index contributed by atoms with van der Waals surface area (Å²) in [7, 11) is 0. The zero-order valence-electron chi connectivity index (χ0n) is 8.50. The van der Waals surface area contributed by atoms with Crippen LogP contribution in [0.1, 0.15) is 29.3 Å². The maximum atomic E-state index is 12.8. The van der Waals surface area contributed by atoms with E-state index in [0.29, 0.717) is 12.2 Å². The van der Waals surface area contributed by atoms with E-state index in [-0.39, 0.29) is 12.2 Å². The Morgan fingerprint density at radius 1 is 1.53 bits per heavy atom. The number of hydrogen-bond acceptors (Lipinski definition) is 2. The number of halogens is 1.